The van der Waals surface area contributed by atoms with E-state index < -0.39 is 0 Å². The van der Waals surface area contributed by atoms with E-state index in [4.69, 9.17) is 0 Å². The first kappa shape index (κ1) is 13.8. The first-order chi connectivity index (χ1) is 9.06. The highest BCUT2D eigenvalue weighted by Crippen LogP contribution is 2.16. The topological polar surface area (TPSA) is 46.9 Å². The van der Waals surface area contributed by atoms with Crippen LogP contribution in [0.2, 0.25) is 0 Å². The number of benzene rings is 1. The van der Waals surface area contributed by atoms with E-state index >= 15 is 0 Å². The summed E-state index contributed by atoms with van der Waals surface area (Å²) in [5.41, 5.74) is 1.67. The molecular formula is C14H16BrN3O. The molecule has 0 bridgehead atoms. The van der Waals surface area contributed by atoms with Crippen LogP contribution in [-0.2, 0) is 6.54 Å². The Morgan fingerprint density at radius 3 is 2.74 bits per heavy atom. The molecule has 1 aromatic carbocycles. The lowest BCUT2D eigenvalue weighted by Gasteiger charge is -2.11. The van der Waals surface area contributed by atoms with Crippen molar-refractivity contribution in [1.82, 2.24) is 9.78 Å². The van der Waals surface area contributed by atoms with E-state index in [9.17, 15) is 4.79 Å². The van der Waals surface area contributed by atoms with Gasteiger partial charge in [-0.3, -0.25) is 4.79 Å². The Kier molecular flexibility index (Phi) is 4.37. The average molecular weight is 322 g/mol. The predicted molar refractivity (Wildman–Crippen MR) is 80.5 cm³/mol. The summed E-state index contributed by atoms with van der Waals surface area (Å²) < 4.78 is 2.43. The molecule has 1 N–H and O–H groups in total. The normalized spacial score (nSPS) is 10.7. The summed E-state index contributed by atoms with van der Waals surface area (Å²) in [6.45, 7) is 4.50. The highest BCUT2D eigenvalue weighted by molar-refractivity contribution is 9.10. The van der Waals surface area contributed by atoms with Gasteiger partial charge in [-0.1, -0.05) is 34.1 Å². The zero-order valence-corrected chi connectivity index (χ0v) is 12.5. The Morgan fingerprint density at radius 2 is 2.11 bits per heavy atom. The number of aromatic nitrogens is 2. The van der Waals surface area contributed by atoms with Gasteiger partial charge in [0.05, 0.1) is 18.4 Å². The van der Waals surface area contributed by atoms with Crippen molar-refractivity contribution in [1.29, 1.82) is 0 Å². The van der Waals surface area contributed by atoms with Crippen LogP contribution in [0, 0.1) is 0 Å². The van der Waals surface area contributed by atoms with E-state index in [1.54, 1.807) is 12.3 Å². The number of anilines is 1. The van der Waals surface area contributed by atoms with Crippen molar-refractivity contribution < 1.29 is 0 Å². The third-order valence-corrected chi connectivity index (χ3v) is 3.38. The largest absolute Gasteiger partial charge is 0.381 e. The van der Waals surface area contributed by atoms with Crippen LogP contribution >= 0.6 is 15.9 Å². The fourth-order valence-electron chi connectivity index (χ4n) is 1.75. The average Bonchev–Trinajstić information content (AvgIpc) is 2.34. The van der Waals surface area contributed by atoms with Gasteiger partial charge in [0.15, 0.2) is 0 Å². The summed E-state index contributed by atoms with van der Waals surface area (Å²) in [6, 6.07) is 9.66. The molecule has 0 atom stereocenters. The molecule has 0 unspecified atom stereocenters. The molecule has 0 spiro atoms. The summed E-state index contributed by atoms with van der Waals surface area (Å²) in [6.07, 6.45) is 1.68. The molecule has 4 nitrogen and oxygen atoms in total. The smallest absolute Gasteiger partial charge is 0.269 e. The maximum atomic E-state index is 12.0. The molecule has 0 aliphatic heterocycles. The van der Waals surface area contributed by atoms with Gasteiger partial charge in [-0.15, -0.1) is 0 Å². The van der Waals surface area contributed by atoms with Gasteiger partial charge in [-0.2, -0.15) is 5.10 Å². The zero-order chi connectivity index (χ0) is 13.8. The fraction of sp³-hybridized carbons (Fsp3) is 0.286. The van der Waals surface area contributed by atoms with Gasteiger partial charge in [-0.25, -0.2) is 4.68 Å². The van der Waals surface area contributed by atoms with Gasteiger partial charge < -0.3 is 5.32 Å². The van der Waals surface area contributed by atoms with Gasteiger partial charge in [0.2, 0.25) is 0 Å². The molecule has 2 rings (SSSR count). The van der Waals surface area contributed by atoms with E-state index in [0.717, 1.165) is 15.7 Å². The molecule has 0 radical (unpaired) electrons. The van der Waals surface area contributed by atoms with Gasteiger partial charge in [0.1, 0.15) is 0 Å². The molecule has 0 aliphatic rings. The van der Waals surface area contributed by atoms with Crippen LogP contribution in [0.25, 0.3) is 0 Å². The van der Waals surface area contributed by atoms with Gasteiger partial charge in [0.25, 0.3) is 5.56 Å². The summed E-state index contributed by atoms with van der Waals surface area (Å²) in [5.74, 6) is 0. The lowest BCUT2D eigenvalue weighted by atomic mass is 10.2. The zero-order valence-electron chi connectivity index (χ0n) is 10.9. The summed E-state index contributed by atoms with van der Waals surface area (Å²) in [5, 5.41) is 7.35. The van der Waals surface area contributed by atoms with Crippen LogP contribution in [0.1, 0.15) is 19.4 Å². The monoisotopic (exact) mass is 321 g/mol. The standard InChI is InChI=1S/C14H16BrN3O/c1-10(2)17-12-7-14(19)18(16-8-12)9-11-5-3-4-6-13(11)15/h3-8,10,17H,9H2,1-2H3. The number of nitrogens with zero attached hydrogens (tertiary/aromatic N) is 2. The number of hydrogen-bond acceptors (Lipinski definition) is 3. The Hall–Kier alpha value is -1.62. The summed E-state index contributed by atoms with van der Waals surface area (Å²) in [7, 11) is 0. The first-order valence-corrected chi connectivity index (χ1v) is 6.92. The molecule has 1 heterocycles. The molecule has 1 aromatic heterocycles. The predicted octanol–water partition coefficient (Wildman–Crippen LogP) is 2.87. The first-order valence-electron chi connectivity index (χ1n) is 6.13. The molecule has 100 valence electrons. The van der Waals surface area contributed by atoms with Gasteiger partial charge >= 0.3 is 0 Å². The van der Waals surface area contributed by atoms with E-state index in [-0.39, 0.29) is 11.6 Å². The van der Waals surface area contributed by atoms with E-state index in [0.29, 0.717) is 6.54 Å². The highest BCUT2D eigenvalue weighted by Gasteiger charge is 2.04. The van der Waals surface area contributed by atoms with Crippen LogP contribution in [0.4, 0.5) is 5.69 Å². The van der Waals surface area contributed by atoms with Crippen LogP contribution in [0.3, 0.4) is 0 Å². The number of hydrogen-bond donors (Lipinski definition) is 1. The van der Waals surface area contributed by atoms with Crippen LogP contribution < -0.4 is 10.9 Å². The minimum absolute atomic E-state index is 0.110. The van der Waals surface area contributed by atoms with E-state index in [1.807, 2.05) is 38.1 Å². The summed E-state index contributed by atoms with van der Waals surface area (Å²) in [4.78, 5) is 12.0. The quantitative estimate of drug-likeness (QED) is 0.941. The van der Waals surface area contributed by atoms with Gasteiger partial charge in [0, 0.05) is 16.6 Å². The van der Waals surface area contributed by atoms with E-state index in [2.05, 4.69) is 26.3 Å². The minimum Gasteiger partial charge on any atom is -0.381 e. The van der Waals surface area contributed by atoms with Crippen LogP contribution in [-0.4, -0.2) is 15.8 Å². The van der Waals surface area contributed by atoms with Gasteiger partial charge in [-0.05, 0) is 25.5 Å². The lowest BCUT2D eigenvalue weighted by Crippen LogP contribution is -2.24. The summed E-state index contributed by atoms with van der Waals surface area (Å²) >= 11 is 3.47. The number of nitrogens with one attached hydrogen (secondary N) is 1. The second-order valence-corrected chi connectivity index (χ2v) is 5.48. The van der Waals surface area contributed by atoms with Crippen molar-refractivity contribution in [2.75, 3.05) is 5.32 Å². The van der Waals surface area contributed by atoms with Crippen molar-refractivity contribution in [3.8, 4) is 0 Å². The van der Waals surface area contributed by atoms with Crippen molar-refractivity contribution in [2.24, 2.45) is 0 Å². The molecule has 5 heteroatoms. The Labute approximate surface area is 120 Å². The molecule has 0 amide bonds. The Balaban J connectivity index is 2.23. The minimum atomic E-state index is -0.110. The van der Waals surface area contributed by atoms with Crippen molar-refractivity contribution in [2.45, 2.75) is 26.4 Å². The SMILES string of the molecule is CC(C)Nc1cnn(Cc2ccccc2Br)c(=O)c1. The second kappa shape index (κ2) is 6.02. The Morgan fingerprint density at radius 1 is 1.37 bits per heavy atom. The maximum absolute atomic E-state index is 12.0. The van der Waals surface area contributed by atoms with Crippen molar-refractivity contribution >= 4 is 21.6 Å². The molecular weight excluding hydrogens is 306 g/mol. The third-order valence-electron chi connectivity index (χ3n) is 2.60. The molecule has 0 saturated heterocycles. The van der Waals surface area contributed by atoms with Crippen LogP contribution in [0.15, 0.2) is 45.8 Å². The van der Waals surface area contributed by atoms with E-state index in [1.165, 1.54) is 4.68 Å². The maximum Gasteiger partial charge on any atom is 0.269 e. The van der Waals surface area contributed by atoms with Crippen molar-refractivity contribution in [3.63, 3.8) is 0 Å². The van der Waals surface area contributed by atoms with Crippen LogP contribution in [0.5, 0.6) is 0 Å². The number of halogens is 1. The van der Waals surface area contributed by atoms with Crippen molar-refractivity contribution in [3.05, 3.63) is 56.9 Å². The molecule has 19 heavy (non-hydrogen) atoms. The Bertz CT molecular complexity index is 622. The lowest BCUT2D eigenvalue weighted by molar-refractivity contribution is 0.637. The fourth-order valence-corrected chi connectivity index (χ4v) is 2.16. The molecule has 2 aromatic rings. The molecule has 0 aliphatic carbocycles. The molecule has 0 saturated carbocycles. The highest BCUT2D eigenvalue weighted by atomic mass is 79.9. The third kappa shape index (κ3) is 3.67. The molecule has 0 fully saturated rings. The second-order valence-electron chi connectivity index (χ2n) is 4.63. The number of rotatable bonds is 4.